The summed E-state index contributed by atoms with van der Waals surface area (Å²) in [5.41, 5.74) is 0. The third kappa shape index (κ3) is 3.07. The van der Waals surface area contributed by atoms with Crippen LogP contribution in [0.4, 0.5) is 0 Å². The number of rotatable bonds is 5. The molecule has 1 aromatic rings. The number of imidazole rings is 1. The molecule has 4 nitrogen and oxygen atoms in total. The molecule has 17 heavy (non-hydrogen) atoms. The summed E-state index contributed by atoms with van der Waals surface area (Å²) in [6.07, 6.45) is 7.77. The van der Waals surface area contributed by atoms with E-state index in [0.717, 1.165) is 18.9 Å². The second kappa shape index (κ2) is 5.65. The van der Waals surface area contributed by atoms with Crippen molar-refractivity contribution >= 4 is 0 Å². The molecule has 1 fully saturated rings. The predicted octanol–water partition coefficient (Wildman–Crippen LogP) is 1.38. The Kier molecular flexibility index (Phi) is 4.18. The molecule has 2 atom stereocenters. The average molecular weight is 236 g/mol. The molecule has 0 spiro atoms. The normalized spacial score (nSPS) is 24.7. The van der Waals surface area contributed by atoms with E-state index in [-0.39, 0.29) is 0 Å². The first-order valence-electron chi connectivity index (χ1n) is 6.60. The first-order chi connectivity index (χ1) is 8.20. The lowest BCUT2D eigenvalue weighted by atomic mass is 10.2. The Balaban J connectivity index is 1.85. The summed E-state index contributed by atoms with van der Waals surface area (Å²) in [7, 11) is 4.28. The third-order valence-electron chi connectivity index (χ3n) is 3.83. The molecule has 0 saturated heterocycles. The number of aromatic nitrogens is 2. The number of nitrogens with one attached hydrogen (secondary N) is 1. The molecule has 1 aliphatic carbocycles. The summed E-state index contributed by atoms with van der Waals surface area (Å²) in [4.78, 5) is 6.83. The van der Waals surface area contributed by atoms with Gasteiger partial charge in [0.15, 0.2) is 0 Å². The first-order valence-corrected chi connectivity index (χ1v) is 6.60. The van der Waals surface area contributed by atoms with Crippen LogP contribution < -0.4 is 5.32 Å². The molecule has 1 aliphatic rings. The Labute approximate surface area is 104 Å². The van der Waals surface area contributed by atoms with Gasteiger partial charge in [0.25, 0.3) is 0 Å². The fourth-order valence-corrected chi connectivity index (χ4v) is 2.73. The number of hydrogen-bond acceptors (Lipinski definition) is 3. The molecule has 0 bridgehead atoms. The minimum Gasteiger partial charge on any atom is -0.337 e. The Bertz CT molecular complexity index is 347. The zero-order chi connectivity index (χ0) is 12.3. The zero-order valence-corrected chi connectivity index (χ0v) is 11.2. The monoisotopic (exact) mass is 236 g/mol. The van der Waals surface area contributed by atoms with Gasteiger partial charge in [0.05, 0.1) is 6.54 Å². The van der Waals surface area contributed by atoms with Crippen molar-refractivity contribution in [3.63, 3.8) is 0 Å². The fourth-order valence-electron chi connectivity index (χ4n) is 2.73. The third-order valence-corrected chi connectivity index (χ3v) is 3.83. The van der Waals surface area contributed by atoms with E-state index in [1.807, 2.05) is 12.4 Å². The average Bonchev–Trinajstić information content (AvgIpc) is 2.90. The molecular weight excluding hydrogens is 212 g/mol. The lowest BCUT2D eigenvalue weighted by Gasteiger charge is -2.24. The van der Waals surface area contributed by atoms with Gasteiger partial charge in [0, 0.05) is 31.5 Å². The van der Waals surface area contributed by atoms with Crippen molar-refractivity contribution in [3.8, 4) is 0 Å². The van der Waals surface area contributed by atoms with Crippen LogP contribution >= 0.6 is 0 Å². The molecule has 96 valence electrons. The van der Waals surface area contributed by atoms with Gasteiger partial charge in [-0.25, -0.2) is 4.98 Å². The van der Waals surface area contributed by atoms with Crippen LogP contribution in [0.2, 0.25) is 0 Å². The standard InChI is InChI=1S/C13H24N4/c1-4-14-11-5-6-12(9-11)17(3)10-13-15-7-8-16(13)2/h7-8,11-12,14H,4-6,9-10H2,1-3H3. The smallest absolute Gasteiger partial charge is 0.122 e. The summed E-state index contributed by atoms with van der Waals surface area (Å²) in [5, 5.41) is 3.55. The van der Waals surface area contributed by atoms with E-state index in [9.17, 15) is 0 Å². The first kappa shape index (κ1) is 12.6. The molecule has 0 aliphatic heterocycles. The second-order valence-corrected chi connectivity index (χ2v) is 5.09. The molecule has 0 aromatic carbocycles. The summed E-state index contributed by atoms with van der Waals surface area (Å²) < 4.78 is 2.10. The predicted molar refractivity (Wildman–Crippen MR) is 69.8 cm³/mol. The van der Waals surface area contributed by atoms with Crippen LogP contribution in [0.15, 0.2) is 12.4 Å². The van der Waals surface area contributed by atoms with Gasteiger partial charge in [0.1, 0.15) is 5.82 Å². The van der Waals surface area contributed by atoms with E-state index in [4.69, 9.17) is 0 Å². The maximum Gasteiger partial charge on any atom is 0.122 e. The van der Waals surface area contributed by atoms with Crippen molar-refractivity contribution in [3.05, 3.63) is 18.2 Å². The maximum absolute atomic E-state index is 4.39. The minimum atomic E-state index is 0.704. The molecule has 4 heteroatoms. The summed E-state index contributed by atoms with van der Waals surface area (Å²) in [6, 6.07) is 1.42. The van der Waals surface area contributed by atoms with Gasteiger partial charge in [-0.15, -0.1) is 0 Å². The van der Waals surface area contributed by atoms with Gasteiger partial charge in [-0.3, -0.25) is 4.90 Å². The summed E-state index contributed by atoms with van der Waals surface area (Å²) in [5.74, 6) is 1.15. The Morgan fingerprint density at radius 1 is 1.53 bits per heavy atom. The summed E-state index contributed by atoms with van der Waals surface area (Å²) in [6.45, 7) is 4.22. The van der Waals surface area contributed by atoms with Crippen molar-refractivity contribution in [2.45, 2.75) is 44.8 Å². The topological polar surface area (TPSA) is 33.1 Å². The lowest BCUT2D eigenvalue weighted by Crippen LogP contribution is -2.33. The van der Waals surface area contributed by atoms with Crippen LogP contribution in [0.1, 0.15) is 32.0 Å². The highest BCUT2D eigenvalue weighted by Gasteiger charge is 2.27. The molecule has 2 rings (SSSR count). The number of hydrogen-bond donors (Lipinski definition) is 1. The van der Waals surface area contributed by atoms with Crippen molar-refractivity contribution < 1.29 is 0 Å². The Morgan fingerprint density at radius 3 is 3.00 bits per heavy atom. The van der Waals surface area contributed by atoms with Gasteiger partial charge in [-0.2, -0.15) is 0 Å². The van der Waals surface area contributed by atoms with E-state index in [0.29, 0.717) is 12.1 Å². The lowest BCUT2D eigenvalue weighted by molar-refractivity contribution is 0.226. The van der Waals surface area contributed by atoms with E-state index in [1.54, 1.807) is 0 Å². The van der Waals surface area contributed by atoms with Crippen molar-refractivity contribution in [1.82, 2.24) is 19.8 Å². The number of nitrogens with zero attached hydrogens (tertiary/aromatic N) is 3. The Hall–Kier alpha value is -0.870. The second-order valence-electron chi connectivity index (χ2n) is 5.09. The van der Waals surface area contributed by atoms with Crippen LogP contribution in [-0.2, 0) is 13.6 Å². The van der Waals surface area contributed by atoms with Crippen LogP contribution in [0.3, 0.4) is 0 Å². The molecule has 0 radical (unpaired) electrons. The van der Waals surface area contributed by atoms with Crippen molar-refractivity contribution in [1.29, 1.82) is 0 Å². The summed E-state index contributed by atoms with van der Waals surface area (Å²) >= 11 is 0. The maximum atomic E-state index is 4.39. The molecule has 1 heterocycles. The molecule has 0 amide bonds. The van der Waals surface area contributed by atoms with Crippen molar-refractivity contribution in [2.24, 2.45) is 7.05 Å². The highest BCUT2D eigenvalue weighted by atomic mass is 15.2. The van der Waals surface area contributed by atoms with Crippen LogP contribution in [0.25, 0.3) is 0 Å². The quantitative estimate of drug-likeness (QED) is 0.838. The van der Waals surface area contributed by atoms with Crippen LogP contribution in [0, 0.1) is 0 Å². The van der Waals surface area contributed by atoms with Gasteiger partial charge in [0.2, 0.25) is 0 Å². The van der Waals surface area contributed by atoms with E-state index in [2.05, 4.69) is 40.8 Å². The van der Waals surface area contributed by atoms with Crippen LogP contribution in [0.5, 0.6) is 0 Å². The molecule has 1 saturated carbocycles. The highest BCUT2D eigenvalue weighted by Crippen LogP contribution is 2.24. The van der Waals surface area contributed by atoms with E-state index < -0.39 is 0 Å². The van der Waals surface area contributed by atoms with E-state index >= 15 is 0 Å². The van der Waals surface area contributed by atoms with Gasteiger partial charge in [-0.1, -0.05) is 6.92 Å². The Morgan fingerprint density at radius 2 is 2.35 bits per heavy atom. The fraction of sp³-hybridized carbons (Fsp3) is 0.769. The zero-order valence-electron chi connectivity index (χ0n) is 11.2. The van der Waals surface area contributed by atoms with Crippen molar-refractivity contribution in [2.75, 3.05) is 13.6 Å². The number of aryl methyl sites for hydroxylation is 1. The molecule has 1 aromatic heterocycles. The minimum absolute atomic E-state index is 0.704. The van der Waals surface area contributed by atoms with Crippen LogP contribution in [-0.4, -0.2) is 40.1 Å². The van der Waals surface area contributed by atoms with Gasteiger partial charge < -0.3 is 9.88 Å². The van der Waals surface area contributed by atoms with Gasteiger partial charge >= 0.3 is 0 Å². The molecule has 1 N–H and O–H groups in total. The SMILES string of the molecule is CCNC1CCC(N(C)Cc2nccn2C)C1. The largest absolute Gasteiger partial charge is 0.337 e. The van der Waals surface area contributed by atoms with Gasteiger partial charge in [-0.05, 0) is 32.9 Å². The highest BCUT2D eigenvalue weighted by molar-refractivity contribution is 4.93. The van der Waals surface area contributed by atoms with E-state index in [1.165, 1.54) is 19.3 Å². The molecule has 2 unspecified atom stereocenters. The molecular formula is C13H24N4.